The molecule has 0 aliphatic carbocycles. The molecule has 0 saturated carbocycles. The Hall–Kier alpha value is -0.400. The van der Waals surface area contributed by atoms with Crippen molar-refractivity contribution in [3.05, 3.63) is 19.2 Å². The fraction of sp³-hybridized carbons (Fsp3) is 0.538. The van der Waals surface area contributed by atoms with Crippen LogP contribution in [0.4, 0.5) is 0 Å². The normalized spacial score (nSPS) is 13.1. The number of aliphatic carboxylic acids is 1. The Morgan fingerprint density at radius 1 is 1.40 bits per heavy atom. The molecule has 0 aliphatic rings. The minimum absolute atomic E-state index is 0.0945. The lowest BCUT2D eigenvalue weighted by Gasteiger charge is -2.23. The third-order valence-electron chi connectivity index (χ3n) is 2.59. The molecule has 1 rings (SSSR count). The number of hydrogen-bond donors (Lipinski definition) is 2. The molecular formula is C13H17Br2NO3S. The summed E-state index contributed by atoms with van der Waals surface area (Å²) >= 11 is 7.95. The molecule has 0 saturated heterocycles. The van der Waals surface area contributed by atoms with Crippen molar-refractivity contribution in [2.75, 3.05) is 6.54 Å². The molecule has 1 heterocycles. The third kappa shape index (κ3) is 5.54. The molecule has 0 radical (unpaired) electrons. The number of carbonyl (C=O) groups excluding carboxylic acids is 1. The van der Waals surface area contributed by atoms with E-state index >= 15 is 0 Å². The smallest absolute Gasteiger partial charge is 0.308 e. The Morgan fingerprint density at radius 2 is 2.00 bits per heavy atom. The highest BCUT2D eigenvalue weighted by Gasteiger charge is 2.25. The van der Waals surface area contributed by atoms with Crippen molar-refractivity contribution in [1.82, 2.24) is 5.32 Å². The fourth-order valence-corrected chi connectivity index (χ4v) is 3.70. The zero-order valence-corrected chi connectivity index (χ0v) is 15.5. The van der Waals surface area contributed by atoms with Gasteiger partial charge >= 0.3 is 5.97 Å². The highest BCUT2D eigenvalue weighted by molar-refractivity contribution is 9.13. The summed E-state index contributed by atoms with van der Waals surface area (Å²) in [6.45, 7) is 6.09. The number of nitrogens with one attached hydrogen (secondary N) is 1. The van der Waals surface area contributed by atoms with Crippen LogP contribution in [0.1, 0.15) is 36.9 Å². The zero-order valence-electron chi connectivity index (χ0n) is 11.5. The Labute approximate surface area is 139 Å². The number of carboxylic acid groups (broad SMARTS) is 1. The van der Waals surface area contributed by atoms with Crippen molar-refractivity contribution in [3.8, 4) is 0 Å². The summed E-state index contributed by atoms with van der Waals surface area (Å²) in [5.74, 6) is -1.71. The Morgan fingerprint density at radius 3 is 2.40 bits per heavy atom. The quantitative estimate of drug-likeness (QED) is 0.743. The van der Waals surface area contributed by atoms with Crippen LogP contribution in [-0.4, -0.2) is 23.5 Å². The van der Waals surface area contributed by atoms with Crippen LogP contribution in [0.3, 0.4) is 0 Å². The number of rotatable bonds is 5. The summed E-state index contributed by atoms with van der Waals surface area (Å²) in [4.78, 5) is 23.7. The van der Waals surface area contributed by atoms with E-state index in [1.807, 2.05) is 20.8 Å². The van der Waals surface area contributed by atoms with Gasteiger partial charge in [0.1, 0.15) is 0 Å². The minimum atomic E-state index is -0.881. The molecule has 0 fully saturated rings. The van der Waals surface area contributed by atoms with E-state index in [0.29, 0.717) is 11.3 Å². The van der Waals surface area contributed by atoms with Crippen molar-refractivity contribution >= 4 is 55.1 Å². The maximum absolute atomic E-state index is 12.0. The van der Waals surface area contributed by atoms with Gasteiger partial charge in [-0.3, -0.25) is 9.59 Å². The van der Waals surface area contributed by atoms with E-state index in [1.54, 1.807) is 6.07 Å². The summed E-state index contributed by atoms with van der Waals surface area (Å²) in [6, 6.07) is 1.71. The largest absolute Gasteiger partial charge is 0.481 e. The number of amides is 1. The van der Waals surface area contributed by atoms with Gasteiger partial charge < -0.3 is 10.4 Å². The molecule has 4 nitrogen and oxygen atoms in total. The molecule has 1 amide bonds. The van der Waals surface area contributed by atoms with Crippen LogP contribution >= 0.6 is 43.2 Å². The zero-order chi connectivity index (χ0) is 15.5. The molecule has 1 aromatic heterocycles. The van der Waals surface area contributed by atoms with Gasteiger partial charge in [0.15, 0.2) is 0 Å². The summed E-state index contributed by atoms with van der Waals surface area (Å²) < 4.78 is 1.66. The van der Waals surface area contributed by atoms with Crippen LogP contribution in [0.15, 0.2) is 14.3 Å². The van der Waals surface area contributed by atoms with Crippen LogP contribution in [0.2, 0.25) is 0 Å². The van der Waals surface area contributed by atoms with E-state index in [9.17, 15) is 14.7 Å². The molecule has 0 aromatic carbocycles. The van der Waals surface area contributed by atoms with Gasteiger partial charge in [-0.1, -0.05) is 20.8 Å². The van der Waals surface area contributed by atoms with Crippen LogP contribution < -0.4 is 5.32 Å². The van der Waals surface area contributed by atoms with E-state index < -0.39 is 11.9 Å². The van der Waals surface area contributed by atoms with Crippen LogP contribution in [0, 0.1) is 11.3 Å². The molecular weight excluding hydrogens is 410 g/mol. The molecule has 1 aromatic rings. The first-order valence-electron chi connectivity index (χ1n) is 6.06. The molecule has 0 aliphatic heterocycles. The standard InChI is InChI=1S/C13H17Br2NO3S/c1-13(2,3)5-7(12(18)19)6-16-11(17)9-4-8(14)10(15)20-9/h4,7H,5-6H2,1-3H3,(H,16,17)(H,18,19). The number of carboxylic acids is 1. The lowest BCUT2D eigenvalue weighted by Crippen LogP contribution is -2.34. The number of hydrogen-bond acceptors (Lipinski definition) is 3. The highest BCUT2D eigenvalue weighted by atomic mass is 79.9. The Balaban J connectivity index is 2.63. The van der Waals surface area contributed by atoms with Crippen molar-refractivity contribution in [2.45, 2.75) is 27.2 Å². The number of halogens is 2. The molecule has 0 bridgehead atoms. The maximum Gasteiger partial charge on any atom is 0.308 e. The molecule has 112 valence electrons. The van der Waals surface area contributed by atoms with Gasteiger partial charge in [-0.05, 0) is 49.8 Å². The van der Waals surface area contributed by atoms with Crippen molar-refractivity contribution in [3.63, 3.8) is 0 Å². The molecule has 7 heteroatoms. The van der Waals surface area contributed by atoms with E-state index in [0.717, 1.165) is 8.26 Å². The summed E-state index contributed by atoms with van der Waals surface area (Å²) in [7, 11) is 0. The average molecular weight is 427 g/mol. The first-order chi connectivity index (χ1) is 9.10. The van der Waals surface area contributed by atoms with Gasteiger partial charge in [0.2, 0.25) is 0 Å². The first-order valence-corrected chi connectivity index (χ1v) is 8.46. The van der Waals surface area contributed by atoms with Crippen molar-refractivity contribution in [1.29, 1.82) is 0 Å². The second kappa shape index (κ2) is 7.04. The van der Waals surface area contributed by atoms with E-state index in [4.69, 9.17) is 0 Å². The van der Waals surface area contributed by atoms with Crippen molar-refractivity contribution < 1.29 is 14.7 Å². The van der Waals surface area contributed by atoms with Crippen LogP contribution in [0.5, 0.6) is 0 Å². The number of thiophene rings is 1. The lowest BCUT2D eigenvalue weighted by molar-refractivity contribution is -0.142. The van der Waals surface area contributed by atoms with Crippen molar-refractivity contribution in [2.24, 2.45) is 11.3 Å². The second-order valence-electron chi connectivity index (χ2n) is 5.74. The third-order valence-corrected chi connectivity index (χ3v) is 5.84. The summed E-state index contributed by atoms with van der Waals surface area (Å²) in [5.41, 5.74) is -0.0945. The molecule has 0 spiro atoms. The van der Waals surface area contributed by atoms with E-state index in [-0.39, 0.29) is 17.9 Å². The van der Waals surface area contributed by atoms with E-state index in [1.165, 1.54) is 11.3 Å². The molecule has 2 N–H and O–H groups in total. The minimum Gasteiger partial charge on any atom is -0.481 e. The molecule has 20 heavy (non-hydrogen) atoms. The first kappa shape index (κ1) is 17.7. The Kier molecular flexibility index (Phi) is 6.22. The summed E-state index contributed by atoms with van der Waals surface area (Å²) in [6.07, 6.45) is 0.514. The molecule has 1 unspecified atom stereocenters. The van der Waals surface area contributed by atoms with Gasteiger partial charge in [-0.2, -0.15) is 0 Å². The predicted molar refractivity (Wildman–Crippen MR) is 87.3 cm³/mol. The highest BCUT2D eigenvalue weighted by Crippen LogP contribution is 2.32. The molecule has 1 atom stereocenters. The monoisotopic (exact) mass is 425 g/mol. The topological polar surface area (TPSA) is 66.4 Å². The van der Waals surface area contributed by atoms with Gasteiger partial charge in [-0.25, -0.2) is 0 Å². The fourth-order valence-electron chi connectivity index (χ4n) is 1.75. The Bertz CT molecular complexity index is 489. The SMILES string of the molecule is CC(C)(C)CC(CNC(=O)c1cc(Br)c(Br)s1)C(=O)O. The lowest BCUT2D eigenvalue weighted by atomic mass is 9.84. The van der Waals surface area contributed by atoms with Gasteiger partial charge in [0.25, 0.3) is 5.91 Å². The average Bonchev–Trinajstić information content (AvgIpc) is 2.63. The van der Waals surface area contributed by atoms with Gasteiger partial charge in [0.05, 0.1) is 14.6 Å². The summed E-state index contributed by atoms with van der Waals surface area (Å²) in [5, 5.41) is 11.9. The maximum atomic E-state index is 12.0. The van der Waals surface area contributed by atoms with Crippen LogP contribution in [0.25, 0.3) is 0 Å². The number of carbonyl (C=O) groups is 2. The van der Waals surface area contributed by atoms with E-state index in [2.05, 4.69) is 37.2 Å². The van der Waals surface area contributed by atoms with Gasteiger partial charge in [-0.15, -0.1) is 11.3 Å². The van der Waals surface area contributed by atoms with Crippen LogP contribution in [-0.2, 0) is 4.79 Å². The van der Waals surface area contributed by atoms with Gasteiger partial charge in [0, 0.05) is 11.0 Å². The predicted octanol–water partition coefficient (Wildman–Crippen LogP) is 4.14. The second-order valence-corrected chi connectivity index (χ2v) is 8.97.